The van der Waals surface area contributed by atoms with Crippen LogP contribution in [0.15, 0.2) is 45.4 Å². The van der Waals surface area contributed by atoms with Crippen LogP contribution in [0.3, 0.4) is 0 Å². The van der Waals surface area contributed by atoms with Gasteiger partial charge in [0, 0.05) is 31.5 Å². The van der Waals surface area contributed by atoms with E-state index in [2.05, 4.69) is 11.2 Å². The Kier molecular flexibility index (Phi) is 19.7. The summed E-state index contributed by atoms with van der Waals surface area (Å²) in [7, 11) is 0. The van der Waals surface area contributed by atoms with Crippen molar-refractivity contribution >= 4 is 69.3 Å². The van der Waals surface area contributed by atoms with E-state index in [-0.39, 0.29) is 76.1 Å². The number of hydrogen-bond donors (Lipinski definition) is 1. The normalized spacial score (nSPS) is 20.4. The number of carbonyl (C=O) groups excluding carboxylic acids is 8. The first kappa shape index (κ1) is 47.8. The number of thioether (sulfide) groups is 2. The van der Waals surface area contributed by atoms with Crippen molar-refractivity contribution in [1.29, 1.82) is 0 Å². The Bertz CT molecular complexity index is 1580. The molecule has 0 radical (unpaired) electrons. The quantitative estimate of drug-likeness (QED) is 0.111. The number of rotatable bonds is 8. The number of nitrogens with one attached hydrogen (secondary N) is 1. The predicted molar refractivity (Wildman–Crippen MR) is 215 cm³/mol. The second-order valence-electron chi connectivity index (χ2n) is 14.7. The van der Waals surface area contributed by atoms with Crippen LogP contribution in [0.5, 0.6) is 0 Å². The second kappa shape index (κ2) is 22.2. The highest BCUT2D eigenvalue weighted by Crippen LogP contribution is 2.33. The lowest BCUT2D eigenvalue weighted by atomic mass is 10.1. The van der Waals surface area contributed by atoms with Crippen LogP contribution in [0.4, 0.5) is 14.4 Å². The van der Waals surface area contributed by atoms with E-state index in [1.54, 1.807) is 12.2 Å². The molecule has 3 saturated heterocycles. The van der Waals surface area contributed by atoms with Gasteiger partial charge in [-0.25, -0.2) is 4.79 Å². The molecule has 1 N–H and O–H groups in total. The minimum Gasteiger partial charge on any atom is -0.303 e. The molecule has 1 saturated carbocycles. The number of imide groups is 3. The average molecular weight is 785 g/mol. The zero-order chi connectivity index (χ0) is 41.6. The molecular weight excluding hydrogens is 729 g/mol. The molecule has 54 heavy (non-hydrogen) atoms. The molecular formula is C40H56N4O8S2. The third kappa shape index (κ3) is 14.9. The number of amides is 7. The number of hydrogen-bond acceptors (Lipinski definition) is 10. The number of terminal acetylenes is 1. The lowest BCUT2D eigenvalue weighted by molar-refractivity contribution is -0.124. The van der Waals surface area contributed by atoms with Crippen LogP contribution in [0, 0.1) is 36.0 Å². The van der Waals surface area contributed by atoms with Crippen molar-refractivity contribution in [1.82, 2.24) is 20.0 Å². The van der Waals surface area contributed by atoms with E-state index in [0.29, 0.717) is 52.3 Å². The van der Waals surface area contributed by atoms with E-state index >= 15 is 0 Å². The van der Waals surface area contributed by atoms with Gasteiger partial charge in [-0.3, -0.25) is 48.3 Å². The van der Waals surface area contributed by atoms with Gasteiger partial charge in [0.2, 0.25) is 0 Å². The van der Waals surface area contributed by atoms with Gasteiger partial charge in [0.25, 0.3) is 28.2 Å². The summed E-state index contributed by atoms with van der Waals surface area (Å²) in [4.78, 5) is 96.0. The van der Waals surface area contributed by atoms with Gasteiger partial charge in [-0.2, -0.15) is 0 Å². The molecule has 0 atom stereocenters. The summed E-state index contributed by atoms with van der Waals surface area (Å²) in [5.74, 6) is 3.07. The molecule has 3 aliphatic heterocycles. The van der Waals surface area contributed by atoms with E-state index in [1.807, 2.05) is 95.2 Å². The zero-order valence-corrected chi connectivity index (χ0v) is 35.2. The minimum atomic E-state index is -0.322. The molecule has 4 rings (SSSR count). The molecule has 3 heterocycles. The lowest BCUT2D eigenvalue weighted by Crippen LogP contribution is -2.36. The summed E-state index contributed by atoms with van der Waals surface area (Å²) < 4.78 is 0. The van der Waals surface area contributed by atoms with Crippen LogP contribution in [-0.2, 0) is 24.0 Å². The van der Waals surface area contributed by atoms with Crippen molar-refractivity contribution < 1.29 is 38.4 Å². The SMILES string of the molecule is C#CCCN1C(=O)S/C(=C\C(C)C)C1=O.CC(C)/C=C1\CC(=O)CC1=O.CC(C)/C=C1\NC(=O)N(C(C)C)C1=O.CC(C)/C=C1\SC(=O)N(C(C)C)C1=O. The number of allylic oxidation sites excluding steroid dienone is 5. The molecule has 1 aliphatic carbocycles. The number of ketones is 2. The minimum absolute atomic E-state index is 0.0173. The Hall–Kier alpha value is -4.22. The van der Waals surface area contributed by atoms with Gasteiger partial charge in [0.05, 0.1) is 16.2 Å². The fraction of sp³-hybridized carbons (Fsp3) is 0.550. The summed E-state index contributed by atoms with van der Waals surface area (Å²) in [6, 6.07) is -0.474. The molecule has 296 valence electrons. The zero-order valence-electron chi connectivity index (χ0n) is 33.6. The van der Waals surface area contributed by atoms with Crippen molar-refractivity contribution in [3.63, 3.8) is 0 Å². The third-order valence-electron chi connectivity index (χ3n) is 7.23. The molecule has 12 nitrogen and oxygen atoms in total. The highest BCUT2D eigenvalue weighted by atomic mass is 32.2. The number of carbonyl (C=O) groups is 8. The number of Topliss-reactive ketones (excluding diaryl/α,β-unsaturated/α-hetero) is 2. The van der Waals surface area contributed by atoms with Gasteiger partial charge in [-0.1, -0.05) is 79.7 Å². The summed E-state index contributed by atoms with van der Waals surface area (Å²) >= 11 is 2.03. The molecule has 0 aromatic heterocycles. The maximum atomic E-state index is 11.7. The van der Waals surface area contributed by atoms with Crippen LogP contribution in [0.1, 0.15) is 102 Å². The van der Waals surface area contributed by atoms with Gasteiger partial charge < -0.3 is 5.32 Å². The highest BCUT2D eigenvalue weighted by molar-refractivity contribution is 8.18. The van der Waals surface area contributed by atoms with Crippen LogP contribution in [0.2, 0.25) is 0 Å². The maximum Gasteiger partial charge on any atom is 0.329 e. The second-order valence-corrected chi connectivity index (χ2v) is 16.7. The van der Waals surface area contributed by atoms with Gasteiger partial charge in [-0.05, 0) is 80.5 Å². The van der Waals surface area contributed by atoms with Gasteiger partial charge in [0.15, 0.2) is 5.78 Å². The van der Waals surface area contributed by atoms with Crippen molar-refractivity contribution in [2.24, 2.45) is 23.7 Å². The summed E-state index contributed by atoms with van der Waals surface area (Å²) in [6.07, 6.45) is 13.3. The van der Waals surface area contributed by atoms with E-state index in [9.17, 15) is 38.4 Å². The van der Waals surface area contributed by atoms with Crippen molar-refractivity contribution in [3.05, 3.63) is 45.4 Å². The lowest BCUT2D eigenvalue weighted by Gasteiger charge is -2.16. The molecule has 0 aromatic carbocycles. The fourth-order valence-electron chi connectivity index (χ4n) is 5.01. The number of urea groups is 1. The Morgan fingerprint density at radius 1 is 0.630 bits per heavy atom. The molecule has 0 aromatic rings. The van der Waals surface area contributed by atoms with Crippen molar-refractivity contribution in [2.45, 2.75) is 114 Å². The smallest absolute Gasteiger partial charge is 0.303 e. The standard InChI is InChI=1S/C11H13NO2S.C10H16N2O2.C10H15NO2S.C9H12O2/c1-4-5-6-12-10(13)9(7-8(2)3)15-11(12)14;1-6(2)5-8-9(13)12(7(3)4)10(14)11-8;1-6(2)5-8-9(12)11(7(3)4)10(13)14-8;1-6(2)3-7-4-8(10)5-9(7)11/h1,7-8H,5-6H2,2-3H3;5-7H,1-4H3,(H,11,14);5-7H,1-4H3;3,6H,4-5H2,1-2H3/b9-7-;2*8-5-;7-3+. The summed E-state index contributed by atoms with van der Waals surface area (Å²) in [6.45, 7) is 23.5. The monoisotopic (exact) mass is 784 g/mol. The van der Waals surface area contributed by atoms with E-state index in [1.165, 1.54) is 14.7 Å². The molecule has 0 bridgehead atoms. The van der Waals surface area contributed by atoms with E-state index in [0.717, 1.165) is 23.5 Å². The van der Waals surface area contributed by atoms with Gasteiger partial charge >= 0.3 is 6.03 Å². The Balaban J connectivity index is 0.000000362. The molecule has 0 unspecified atom stereocenters. The van der Waals surface area contributed by atoms with Crippen molar-refractivity contribution in [3.8, 4) is 12.3 Å². The Morgan fingerprint density at radius 3 is 1.50 bits per heavy atom. The number of nitrogens with zero attached hydrogens (tertiary/aromatic N) is 3. The maximum absolute atomic E-state index is 11.7. The van der Waals surface area contributed by atoms with Gasteiger partial charge in [-0.15, -0.1) is 12.3 Å². The van der Waals surface area contributed by atoms with Gasteiger partial charge in [0.1, 0.15) is 11.5 Å². The Morgan fingerprint density at radius 2 is 1.11 bits per heavy atom. The molecule has 0 spiro atoms. The first-order chi connectivity index (χ1) is 25.0. The topological polar surface area (TPSA) is 158 Å². The van der Waals surface area contributed by atoms with E-state index < -0.39 is 0 Å². The Labute approximate surface area is 329 Å². The molecule has 4 fully saturated rings. The average Bonchev–Trinajstić information content (AvgIpc) is 3.68. The summed E-state index contributed by atoms with van der Waals surface area (Å²) in [5, 5.41) is 2.19. The molecule has 7 amide bonds. The first-order valence-electron chi connectivity index (χ1n) is 18.1. The van der Waals surface area contributed by atoms with Crippen LogP contribution in [-0.4, -0.2) is 79.1 Å². The highest BCUT2D eigenvalue weighted by Gasteiger charge is 2.37. The molecule has 14 heteroatoms. The first-order valence-corrected chi connectivity index (χ1v) is 19.7. The van der Waals surface area contributed by atoms with E-state index in [4.69, 9.17) is 6.42 Å². The van der Waals surface area contributed by atoms with Crippen LogP contribution in [0.25, 0.3) is 0 Å². The fourth-order valence-corrected chi connectivity index (χ4v) is 7.13. The predicted octanol–water partition coefficient (Wildman–Crippen LogP) is 7.86. The van der Waals surface area contributed by atoms with Crippen molar-refractivity contribution in [2.75, 3.05) is 6.54 Å². The van der Waals surface area contributed by atoms with Crippen LogP contribution >= 0.6 is 23.5 Å². The largest absolute Gasteiger partial charge is 0.329 e. The third-order valence-corrected chi connectivity index (χ3v) is 9.05. The molecule has 4 aliphatic rings. The van der Waals surface area contributed by atoms with Crippen LogP contribution < -0.4 is 5.32 Å². The summed E-state index contributed by atoms with van der Waals surface area (Å²) in [5.41, 5.74) is 1.11.